The number of H-pyrrole nitrogens is 2. The van der Waals surface area contributed by atoms with E-state index in [4.69, 9.17) is 0 Å². The molecule has 0 bridgehead atoms. The standard InChI is InChI=1S/C18H12N6O/c25-13-3-11(6-20-8-13)12-4-14-17(23-24-18(14)21-7-12)15-5-10-1-2-19-9-16(10)22-15/h1-9,22,25H,(H,21,23,24). The van der Waals surface area contributed by atoms with Gasteiger partial charge in [-0.25, -0.2) is 4.98 Å². The molecule has 0 saturated carbocycles. The Morgan fingerprint density at radius 1 is 0.920 bits per heavy atom. The van der Waals surface area contributed by atoms with Gasteiger partial charge in [0.1, 0.15) is 5.75 Å². The van der Waals surface area contributed by atoms with Crippen LogP contribution in [0.4, 0.5) is 0 Å². The number of hydrogen-bond acceptors (Lipinski definition) is 5. The fourth-order valence-electron chi connectivity index (χ4n) is 2.96. The van der Waals surface area contributed by atoms with Gasteiger partial charge in [0.25, 0.3) is 0 Å². The van der Waals surface area contributed by atoms with Gasteiger partial charge in [-0.05, 0) is 24.3 Å². The van der Waals surface area contributed by atoms with Crippen molar-refractivity contribution in [3.05, 3.63) is 55.2 Å². The smallest absolute Gasteiger partial charge is 0.181 e. The van der Waals surface area contributed by atoms with E-state index in [-0.39, 0.29) is 5.75 Å². The highest BCUT2D eigenvalue weighted by molar-refractivity contribution is 5.95. The Morgan fingerprint density at radius 2 is 1.84 bits per heavy atom. The largest absolute Gasteiger partial charge is 0.506 e. The molecule has 7 heteroatoms. The zero-order chi connectivity index (χ0) is 16.8. The molecule has 0 spiro atoms. The second-order valence-electron chi connectivity index (χ2n) is 5.77. The van der Waals surface area contributed by atoms with Gasteiger partial charge < -0.3 is 10.1 Å². The van der Waals surface area contributed by atoms with Crippen molar-refractivity contribution < 1.29 is 5.11 Å². The number of nitrogens with zero attached hydrogens (tertiary/aromatic N) is 4. The van der Waals surface area contributed by atoms with Gasteiger partial charge in [0.2, 0.25) is 0 Å². The zero-order valence-electron chi connectivity index (χ0n) is 12.9. The number of hydrogen-bond donors (Lipinski definition) is 3. The van der Waals surface area contributed by atoms with Crippen molar-refractivity contribution in [2.45, 2.75) is 0 Å². The first-order valence-electron chi connectivity index (χ1n) is 7.69. The summed E-state index contributed by atoms with van der Waals surface area (Å²) in [5, 5.41) is 18.9. The normalized spacial score (nSPS) is 11.4. The highest BCUT2D eigenvalue weighted by atomic mass is 16.3. The summed E-state index contributed by atoms with van der Waals surface area (Å²) in [4.78, 5) is 15.9. The molecule has 5 rings (SSSR count). The van der Waals surface area contributed by atoms with Gasteiger partial charge in [0.05, 0.1) is 29.3 Å². The third kappa shape index (κ3) is 2.21. The molecule has 0 atom stereocenters. The number of aromatic hydroxyl groups is 1. The third-order valence-electron chi connectivity index (χ3n) is 4.16. The van der Waals surface area contributed by atoms with Crippen molar-refractivity contribution in [2.75, 3.05) is 0 Å². The maximum absolute atomic E-state index is 9.65. The van der Waals surface area contributed by atoms with E-state index in [9.17, 15) is 5.11 Å². The van der Waals surface area contributed by atoms with Gasteiger partial charge in [-0.2, -0.15) is 5.10 Å². The minimum atomic E-state index is 0.119. The molecule has 0 radical (unpaired) electrons. The summed E-state index contributed by atoms with van der Waals surface area (Å²) in [5.74, 6) is 0.119. The Bertz CT molecular complexity index is 1190. The SMILES string of the molecule is Oc1cncc(-c2cnc3n[nH]c(-c4cc5ccncc5[nH]4)c3c2)c1. The van der Waals surface area contributed by atoms with E-state index >= 15 is 0 Å². The molecular formula is C18H12N6O. The van der Waals surface area contributed by atoms with Crippen molar-refractivity contribution in [3.8, 4) is 28.3 Å². The van der Waals surface area contributed by atoms with Crippen LogP contribution in [0.15, 0.2) is 55.2 Å². The molecule has 0 aliphatic heterocycles. The minimum absolute atomic E-state index is 0.119. The fourth-order valence-corrected chi connectivity index (χ4v) is 2.96. The Morgan fingerprint density at radius 3 is 2.72 bits per heavy atom. The van der Waals surface area contributed by atoms with Crippen LogP contribution >= 0.6 is 0 Å². The number of nitrogens with one attached hydrogen (secondary N) is 2. The molecule has 25 heavy (non-hydrogen) atoms. The van der Waals surface area contributed by atoms with E-state index in [1.165, 1.54) is 6.20 Å². The lowest BCUT2D eigenvalue weighted by Crippen LogP contribution is -1.84. The van der Waals surface area contributed by atoms with Crippen molar-refractivity contribution in [1.82, 2.24) is 30.1 Å². The monoisotopic (exact) mass is 328 g/mol. The Balaban J connectivity index is 1.70. The first-order chi connectivity index (χ1) is 12.3. The number of pyridine rings is 3. The summed E-state index contributed by atoms with van der Waals surface area (Å²) in [6.07, 6.45) is 8.37. The topological polar surface area (TPSA) is 103 Å². The lowest BCUT2D eigenvalue weighted by atomic mass is 10.1. The van der Waals surface area contributed by atoms with Crippen molar-refractivity contribution in [1.29, 1.82) is 0 Å². The van der Waals surface area contributed by atoms with Crippen LogP contribution in [-0.4, -0.2) is 35.2 Å². The van der Waals surface area contributed by atoms with Crippen LogP contribution < -0.4 is 0 Å². The summed E-state index contributed by atoms with van der Waals surface area (Å²) in [7, 11) is 0. The van der Waals surface area contributed by atoms with Crippen LogP contribution in [0.2, 0.25) is 0 Å². The quantitative estimate of drug-likeness (QED) is 0.461. The van der Waals surface area contributed by atoms with Gasteiger partial charge in [-0.1, -0.05) is 0 Å². The molecule has 7 nitrogen and oxygen atoms in total. The van der Waals surface area contributed by atoms with Gasteiger partial charge in [0.15, 0.2) is 5.65 Å². The third-order valence-corrected chi connectivity index (χ3v) is 4.16. The summed E-state index contributed by atoms with van der Waals surface area (Å²) < 4.78 is 0. The number of aromatic amines is 2. The van der Waals surface area contributed by atoms with Crippen molar-refractivity contribution in [2.24, 2.45) is 0 Å². The van der Waals surface area contributed by atoms with E-state index in [0.717, 1.165) is 38.8 Å². The molecule has 3 N–H and O–H groups in total. The second kappa shape index (κ2) is 5.13. The number of fused-ring (bicyclic) bond motifs is 2. The highest BCUT2D eigenvalue weighted by Crippen LogP contribution is 2.30. The van der Waals surface area contributed by atoms with Gasteiger partial charge in [-0.15, -0.1) is 0 Å². The van der Waals surface area contributed by atoms with Gasteiger partial charge in [0, 0.05) is 40.5 Å². The van der Waals surface area contributed by atoms with E-state index in [1.807, 2.05) is 18.2 Å². The van der Waals surface area contributed by atoms with Gasteiger partial charge >= 0.3 is 0 Å². The summed E-state index contributed by atoms with van der Waals surface area (Å²) in [5.41, 5.74) is 5.01. The Hall–Kier alpha value is -3.74. The Kier molecular flexibility index (Phi) is 2.81. The van der Waals surface area contributed by atoms with Crippen molar-refractivity contribution >= 4 is 21.9 Å². The first kappa shape index (κ1) is 13.7. The number of rotatable bonds is 2. The fraction of sp³-hybridized carbons (Fsp3) is 0. The predicted octanol–water partition coefficient (Wildman–Crippen LogP) is 3.27. The molecule has 0 aliphatic rings. The minimum Gasteiger partial charge on any atom is -0.506 e. The molecule has 0 saturated heterocycles. The number of aromatic nitrogens is 6. The summed E-state index contributed by atoms with van der Waals surface area (Å²) in [6, 6.07) is 7.65. The lowest BCUT2D eigenvalue weighted by molar-refractivity contribution is 0.473. The van der Waals surface area contributed by atoms with Crippen LogP contribution in [0.5, 0.6) is 5.75 Å². The molecule has 5 aromatic heterocycles. The van der Waals surface area contributed by atoms with Crippen LogP contribution in [0.1, 0.15) is 0 Å². The van der Waals surface area contributed by atoms with E-state index in [0.29, 0.717) is 5.65 Å². The van der Waals surface area contributed by atoms with Crippen LogP contribution in [0, 0.1) is 0 Å². The van der Waals surface area contributed by atoms with Crippen LogP contribution in [0.3, 0.4) is 0 Å². The Labute approximate surface area is 141 Å². The molecule has 0 fully saturated rings. The highest BCUT2D eigenvalue weighted by Gasteiger charge is 2.13. The average Bonchev–Trinajstić information content (AvgIpc) is 3.24. The van der Waals surface area contributed by atoms with Gasteiger partial charge in [-0.3, -0.25) is 15.1 Å². The molecule has 0 aromatic carbocycles. The lowest BCUT2D eigenvalue weighted by Gasteiger charge is -2.02. The predicted molar refractivity (Wildman–Crippen MR) is 93.9 cm³/mol. The van der Waals surface area contributed by atoms with Crippen LogP contribution in [0.25, 0.3) is 44.5 Å². The summed E-state index contributed by atoms with van der Waals surface area (Å²) in [6.45, 7) is 0. The molecule has 5 aromatic rings. The first-order valence-corrected chi connectivity index (χ1v) is 7.69. The average molecular weight is 328 g/mol. The van der Waals surface area contributed by atoms with E-state index in [2.05, 4.69) is 30.1 Å². The molecule has 5 heterocycles. The maximum Gasteiger partial charge on any atom is 0.181 e. The second-order valence-corrected chi connectivity index (χ2v) is 5.77. The molecular weight excluding hydrogens is 316 g/mol. The van der Waals surface area contributed by atoms with E-state index < -0.39 is 0 Å². The molecule has 0 aliphatic carbocycles. The van der Waals surface area contributed by atoms with E-state index in [1.54, 1.807) is 30.9 Å². The maximum atomic E-state index is 9.65. The van der Waals surface area contributed by atoms with Crippen LogP contribution in [-0.2, 0) is 0 Å². The molecule has 0 amide bonds. The van der Waals surface area contributed by atoms with Crippen molar-refractivity contribution in [3.63, 3.8) is 0 Å². The molecule has 0 unspecified atom stereocenters. The molecule has 120 valence electrons. The zero-order valence-corrected chi connectivity index (χ0v) is 12.9. The summed E-state index contributed by atoms with van der Waals surface area (Å²) >= 11 is 0.